The number of nitrogens with zero attached hydrogens (tertiary/aromatic N) is 5. The number of sulfonamides is 1. The van der Waals surface area contributed by atoms with Gasteiger partial charge >= 0.3 is 0 Å². The van der Waals surface area contributed by atoms with Gasteiger partial charge < -0.3 is 10.1 Å². The van der Waals surface area contributed by atoms with Crippen LogP contribution < -0.4 is 5.32 Å². The molecule has 2 aromatic carbocycles. The molecule has 1 fully saturated rings. The third-order valence-corrected chi connectivity index (χ3v) is 9.98. The van der Waals surface area contributed by atoms with Crippen LogP contribution in [-0.4, -0.2) is 78.0 Å². The number of ether oxygens (including phenoxy) is 1. The summed E-state index contributed by atoms with van der Waals surface area (Å²) in [6.45, 7) is 7.42. The van der Waals surface area contributed by atoms with Gasteiger partial charge in [0.1, 0.15) is 0 Å². The van der Waals surface area contributed by atoms with Crippen LogP contribution in [0.25, 0.3) is 11.3 Å². The molecule has 0 spiro atoms. The largest absolute Gasteiger partial charge is 0.379 e. The predicted octanol–water partition coefficient (Wildman–Crippen LogP) is 4.33. The van der Waals surface area contributed by atoms with E-state index in [1.807, 2.05) is 42.6 Å². The summed E-state index contributed by atoms with van der Waals surface area (Å²) < 4.78 is 34.1. The second kappa shape index (κ2) is 14.9. The summed E-state index contributed by atoms with van der Waals surface area (Å²) in [5.74, 6) is 6.56. The van der Waals surface area contributed by atoms with Crippen LogP contribution in [0.3, 0.4) is 0 Å². The predicted molar refractivity (Wildman–Crippen MR) is 181 cm³/mol. The molecule has 46 heavy (non-hydrogen) atoms. The molecule has 11 heteroatoms. The Morgan fingerprint density at radius 2 is 1.80 bits per heavy atom. The van der Waals surface area contributed by atoms with E-state index >= 15 is 0 Å². The molecule has 2 aliphatic heterocycles. The lowest BCUT2D eigenvalue weighted by molar-refractivity contribution is 0.0368. The lowest BCUT2D eigenvalue weighted by Gasteiger charge is -2.27. The highest BCUT2D eigenvalue weighted by Crippen LogP contribution is 2.33. The van der Waals surface area contributed by atoms with Crippen molar-refractivity contribution in [2.75, 3.05) is 45.6 Å². The minimum Gasteiger partial charge on any atom is -0.379 e. The van der Waals surface area contributed by atoms with Gasteiger partial charge in [-0.1, -0.05) is 47.7 Å². The zero-order chi connectivity index (χ0) is 31.9. The normalized spacial score (nSPS) is 15.7. The molecule has 240 valence electrons. The Labute approximate surface area is 276 Å². The van der Waals surface area contributed by atoms with Crippen LogP contribution in [0.5, 0.6) is 0 Å². The molecule has 4 aromatic rings. The van der Waals surface area contributed by atoms with Crippen LogP contribution in [0.4, 0.5) is 0 Å². The maximum absolute atomic E-state index is 12.5. The number of aryl methyl sites for hydroxylation is 1. The van der Waals surface area contributed by atoms with E-state index in [1.54, 1.807) is 6.20 Å². The Morgan fingerprint density at radius 3 is 2.61 bits per heavy atom. The monoisotopic (exact) mass is 658 g/mol. The van der Waals surface area contributed by atoms with Crippen molar-refractivity contribution in [2.24, 2.45) is 0 Å². The van der Waals surface area contributed by atoms with Crippen molar-refractivity contribution < 1.29 is 13.2 Å². The van der Waals surface area contributed by atoms with Crippen molar-refractivity contribution in [3.8, 4) is 23.1 Å². The van der Waals surface area contributed by atoms with Crippen molar-refractivity contribution >= 4 is 21.6 Å². The summed E-state index contributed by atoms with van der Waals surface area (Å²) in [4.78, 5) is 6.59. The number of nitrogens with one attached hydrogen (secondary N) is 1. The maximum Gasteiger partial charge on any atom is 0.211 e. The highest BCUT2D eigenvalue weighted by molar-refractivity contribution is 7.88. The van der Waals surface area contributed by atoms with E-state index in [0.717, 1.165) is 91.6 Å². The van der Waals surface area contributed by atoms with Crippen molar-refractivity contribution in [3.63, 3.8) is 0 Å². The number of halogens is 1. The fourth-order valence-corrected chi connectivity index (χ4v) is 6.91. The van der Waals surface area contributed by atoms with Crippen LogP contribution in [0.2, 0.25) is 5.02 Å². The van der Waals surface area contributed by atoms with Gasteiger partial charge in [0, 0.05) is 99.1 Å². The summed E-state index contributed by atoms with van der Waals surface area (Å²) in [5, 5.41) is 9.08. The first-order valence-corrected chi connectivity index (χ1v) is 17.9. The average Bonchev–Trinajstić information content (AvgIpc) is 3.43. The number of morpholine rings is 1. The first-order chi connectivity index (χ1) is 22.3. The standard InChI is InChI=1S/C35H39ClN6O3S/c1-46(43,44)41-16-12-34-32(26-41)35(39-42(34)15-4-14-40-17-19-45-20-18-40)31-10-11-33(36)30(22-31)9-8-27-5-2-6-28(21-27)23-38-25-29-7-3-13-37-24-29/h2-3,5-7,10-11,13,21-22,24,38H,4,12,14-20,23,25-26H2,1H3. The second-order valence-electron chi connectivity index (χ2n) is 11.8. The highest BCUT2D eigenvalue weighted by atomic mass is 35.5. The SMILES string of the molecule is CS(=O)(=O)N1CCc2c(c(-c3ccc(Cl)c(C#Cc4cccc(CNCc5cccnc5)c4)c3)nn2CCCN2CCOCC2)C1. The minimum absolute atomic E-state index is 0.304. The number of benzene rings is 2. The molecule has 1 saturated heterocycles. The van der Waals surface area contributed by atoms with Crippen LogP contribution in [0, 0.1) is 11.8 Å². The first-order valence-electron chi connectivity index (χ1n) is 15.7. The second-order valence-corrected chi connectivity index (χ2v) is 14.2. The molecule has 0 aliphatic carbocycles. The van der Waals surface area contributed by atoms with Crippen LogP contribution in [-0.2, 0) is 47.4 Å². The molecule has 9 nitrogen and oxygen atoms in total. The third kappa shape index (κ3) is 8.23. The van der Waals surface area contributed by atoms with Gasteiger partial charge in [0.15, 0.2) is 0 Å². The van der Waals surface area contributed by atoms with Gasteiger partial charge in [0.25, 0.3) is 0 Å². The summed E-state index contributed by atoms with van der Waals surface area (Å²) in [6, 6.07) is 17.9. The molecule has 0 bridgehead atoms. The Balaban J connectivity index is 1.22. The van der Waals surface area contributed by atoms with Crippen molar-refractivity contribution in [2.45, 2.75) is 39.0 Å². The first kappa shape index (κ1) is 32.4. The van der Waals surface area contributed by atoms with E-state index < -0.39 is 10.0 Å². The average molecular weight is 659 g/mol. The van der Waals surface area contributed by atoms with E-state index in [4.69, 9.17) is 21.4 Å². The lowest BCUT2D eigenvalue weighted by Crippen LogP contribution is -2.37. The van der Waals surface area contributed by atoms with Gasteiger partial charge in [0.05, 0.1) is 30.2 Å². The molecule has 0 atom stereocenters. The summed E-state index contributed by atoms with van der Waals surface area (Å²) in [5.41, 5.74) is 7.59. The molecule has 0 unspecified atom stereocenters. The number of hydrogen-bond acceptors (Lipinski definition) is 7. The third-order valence-electron chi connectivity index (χ3n) is 8.41. The van der Waals surface area contributed by atoms with Gasteiger partial charge in [-0.25, -0.2) is 8.42 Å². The van der Waals surface area contributed by atoms with E-state index in [1.165, 1.54) is 10.6 Å². The van der Waals surface area contributed by atoms with E-state index in [0.29, 0.717) is 36.6 Å². The van der Waals surface area contributed by atoms with Gasteiger partial charge in [0.2, 0.25) is 10.0 Å². The van der Waals surface area contributed by atoms with E-state index in [9.17, 15) is 8.42 Å². The van der Waals surface area contributed by atoms with Gasteiger partial charge in [-0.3, -0.25) is 14.6 Å². The lowest BCUT2D eigenvalue weighted by atomic mass is 10.0. The molecule has 4 heterocycles. The fraction of sp³-hybridized carbons (Fsp3) is 0.371. The Hall–Kier alpha value is -3.56. The number of aromatic nitrogens is 3. The van der Waals surface area contributed by atoms with Crippen molar-refractivity contribution in [1.82, 2.24) is 29.3 Å². The summed E-state index contributed by atoms with van der Waals surface area (Å²) in [6.07, 6.45) is 6.49. The van der Waals surface area contributed by atoms with Gasteiger partial charge in [-0.15, -0.1) is 0 Å². The summed E-state index contributed by atoms with van der Waals surface area (Å²) in [7, 11) is -3.34. The van der Waals surface area contributed by atoms with Gasteiger partial charge in [-0.2, -0.15) is 9.40 Å². The number of fused-ring (bicyclic) bond motifs is 1. The summed E-state index contributed by atoms with van der Waals surface area (Å²) >= 11 is 6.64. The maximum atomic E-state index is 12.5. The van der Waals surface area contributed by atoms with Gasteiger partial charge in [-0.05, 0) is 47.9 Å². The number of pyridine rings is 1. The zero-order valence-corrected chi connectivity index (χ0v) is 27.7. The fourth-order valence-electron chi connectivity index (χ4n) is 5.96. The molecule has 2 aliphatic rings. The molecule has 6 rings (SSSR count). The van der Waals surface area contributed by atoms with E-state index in [2.05, 4.69) is 49.9 Å². The van der Waals surface area contributed by atoms with Crippen LogP contribution in [0.1, 0.15) is 39.9 Å². The molecular formula is C35H39ClN6O3S. The quantitative estimate of drug-likeness (QED) is 0.254. The Bertz CT molecular complexity index is 1830. The molecule has 0 amide bonds. The van der Waals surface area contributed by atoms with Crippen molar-refractivity contribution in [3.05, 3.63) is 106 Å². The number of rotatable bonds is 10. The Morgan fingerprint density at radius 1 is 0.978 bits per heavy atom. The van der Waals surface area contributed by atoms with Crippen LogP contribution >= 0.6 is 11.6 Å². The topological polar surface area (TPSA) is 92.6 Å². The molecule has 0 saturated carbocycles. The van der Waals surface area contributed by atoms with E-state index in [-0.39, 0.29) is 0 Å². The Kier molecular flexibility index (Phi) is 10.5. The molecule has 1 N–H and O–H groups in total. The van der Waals surface area contributed by atoms with Crippen LogP contribution in [0.15, 0.2) is 67.0 Å². The smallest absolute Gasteiger partial charge is 0.211 e. The minimum atomic E-state index is -3.34. The highest BCUT2D eigenvalue weighted by Gasteiger charge is 2.30. The molecule has 2 aromatic heterocycles. The van der Waals surface area contributed by atoms with Crippen molar-refractivity contribution in [1.29, 1.82) is 0 Å². The number of hydrogen-bond donors (Lipinski definition) is 1. The zero-order valence-electron chi connectivity index (χ0n) is 26.1. The molecule has 0 radical (unpaired) electrons. The molecular weight excluding hydrogens is 620 g/mol.